The number of fused-ring (bicyclic) bond motifs is 2. The number of nitrogen functional groups attached to an aromatic ring is 1. The lowest BCUT2D eigenvalue weighted by atomic mass is 9.97. The first-order valence-electron chi connectivity index (χ1n) is 9.51. The molecule has 3 aromatic rings. The van der Waals surface area contributed by atoms with E-state index in [0.717, 1.165) is 17.4 Å². The number of methoxy groups -OCH3 is 1. The standard InChI is InChI=1S/C20H22ClN5O3/c1-20(2)28-15-12(10-4-5-14(27-3)23-9-10)8-13(16(15)29-20)26-7-6-11-17(22)24-19(21)25-18(11)26/h4-7,9,12-13,15-16H,8H2,1-3H3,(H2,22,24,25)/t12-,13-,15-,16+/m1/s1. The minimum Gasteiger partial charge on any atom is -0.481 e. The van der Waals surface area contributed by atoms with Crippen molar-refractivity contribution in [2.75, 3.05) is 12.8 Å². The van der Waals surface area contributed by atoms with Crippen LogP contribution in [0.15, 0.2) is 30.6 Å². The van der Waals surface area contributed by atoms with Crippen molar-refractivity contribution in [2.24, 2.45) is 0 Å². The maximum absolute atomic E-state index is 6.32. The largest absolute Gasteiger partial charge is 0.481 e. The van der Waals surface area contributed by atoms with Gasteiger partial charge in [0.2, 0.25) is 11.2 Å². The van der Waals surface area contributed by atoms with Crippen LogP contribution in [0.5, 0.6) is 5.88 Å². The molecule has 29 heavy (non-hydrogen) atoms. The van der Waals surface area contributed by atoms with Crippen LogP contribution in [-0.2, 0) is 9.47 Å². The molecule has 0 radical (unpaired) electrons. The van der Waals surface area contributed by atoms with Crippen molar-refractivity contribution < 1.29 is 14.2 Å². The van der Waals surface area contributed by atoms with Gasteiger partial charge in [0.15, 0.2) is 5.79 Å². The molecule has 0 amide bonds. The second-order valence-electron chi connectivity index (χ2n) is 7.95. The van der Waals surface area contributed by atoms with E-state index < -0.39 is 5.79 Å². The summed E-state index contributed by atoms with van der Waals surface area (Å²) in [5.41, 5.74) is 7.83. The van der Waals surface area contributed by atoms with E-state index in [-0.39, 0.29) is 29.5 Å². The van der Waals surface area contributed by atoms with Gasteiger partial charge in [-0.15, -0.1) is 0 Å². The van der Waals surface area contributed by atoms with Crippen molar-refractivity contribution in [3.8, 4) is 5.88 Å². The molecule has 0 aromatic carbocycles. The van der Waals surface area contributed by atoms with Crippen LogP contribution in [0, 0.1) is 0 Å². The van der Waals surface area contributed by atoms with E-state index in [1.165, 1.54) is 0 Å². The van der Waals surface area contributed by atoms with Crippen LogP contribution in [-0.4, -0.2) is 44.6 Å². The highest BCUT2D eigenvalue weighted by Crippen LogP contribution is 2.51. The van der Waals surface area contributed by atoms with E-state index in [1.807, 2.05) is 44.4 Å². The van der Waals surface area contributed by atoms with Crippen LogP contribution in [0.25, 0.3) is 11.0 Å². The topological polar surface area (TPSA) is 97.3 Å². The zero-order valence-electron chi connectivity index (χ0n) is 16.4. The van der Waals surface area contributed by atoms with E-state index in [9.17, 15) is 0 Å². The van der Waals surface area contributed by atoms with Crippen LogP contribution in [0.2, 0.25) is 5.28 Å². The molecule has 4 heterocycles. The molecule has 2 N–H and O–H groups in total. The Labute approximate surface area is 173 Å². The smallest absolute Gasteiger partial charge is 0.226 e. The third-order valence-electron chi connectivity index (χ3n) is 5.76. The maximum Gasteiger partial charge on any atom is 0.226 e. The van der Waals surface area contributed by atoms with Crippen molar-refractivity contribution in [1.82, 2.24) is 19.5 Å². The quantitative estimate of drug-likeness (QED) is 0.655. The fraction of sp³-hybridized carbons (Fsp3) is 0.450. The summed E-state index contributed by atoms with van der Waals surface area (Å²) in [6.07, 6.45) is 4.39. The second-order valence-corrected chi connectivity index (χ2v) is 8.28. The molecule has 8 nitrogen and oxygen atoms in total. The van der Waals surface area contributed by atoms with Crippen molar-refractivity contribution in [2.45, 2.75) is 50.2 Å². The highest BCUT2D eigenvalue weighted by molar-refractivity contribution is 6.28. The number of rotatable bonds is 3. The number of hydrogen-bond acceptors (Lipinski definition) is 7. The number of anilines is 1. The fourth-order valence-corrected chi connectivity index (χ4v) is 4.75. The van der Waals surface area contributed by atoms with Crippen LogP contribution < -0.4 is 10.5 Å². The lowest BCUT2D eigenvalue weighted by molar-refractivity contribution is -0.157. The van der Waals surface area contributed by atoms with Crippen molar-refractivity contribution in [1.29, 1.82) is 0 Å². The zero-order valence-corrected chi connectivity index (χ0v) is 17.1. The highest BCUT2D eigenvalue weighted by Gasteiger charge is 2.55. The molecule has 1 saturated heterocycles. The number of hydrogen-bond donors (Lipinski definition) is 1. The van der Waals surface area contributed by atoms with Crippen LogP contribution in [0.4, 0.5) is 5.82 Å². The number of ether oxygens (including phenoxy) is 3. The lowest BCUT2D eigenvalue weighted by Gasteiger charge is -2.24. The summed E-state index contributed by atoms with van der Waals surface area (Å²) in [6, 6.07) is 5.84. The SMILES string of the molecule is COc1ccc([C@H]2C[C@@H](n3ccc4c(N)nc(Cl)nc43)[C@@H]3OC(C)(C)O[C@@H]32)cn1. The Morgan fingerprint density at radius 2 is 2.00 bits per heavy atom. The number of nitrogens with two attached hydrogens (primary N) is 1. The van der Waals surface area contributed by atoms with Crippen molar-refractivity contribution >= 4 is 28.5 Å². The first-order valence-corrected chi connectivity index (χ1v) is 9.89. The molecule has 1 aliphatic carbocycles. The number of aromatic nitrogens is 4. The Morgan fingerprint density at radius 3 is 2.72 bits per heavy atom. The summed E-state index contributed by atoms with van der Waals surface area (Å²) in [7, 11) is 1.61. The molecular weight excluding hydrogens is 394 g/mol. The number of pyridine rings is 1. The monoisotopic (exact) mass is 415 g/mol. The molecule has 1 saturated carbocycles. The molecule has 0 bridgehead atoms. The molecule has 2 aliphatic rings. The average Bonchev–Trinajstić information content (AvgIpc) is 3.32. The average molecular weight is 416 g/mol. The fourth-order valence-electron chi connectivity index (χ4n) is 4.58. The molecule has 9 heteroatoms. The molecule has 0 spiro atoms. The Bertz CT molecular complexity index is 1070. The summed E-state index contributed by atoms with van der Waals surface area (Å²) in [4.78, 5) is 12.9. The maximum atomic E-state index is 6.32. The first-order chi connectivity index (χ1) is 13.9. The molecule has 1 aliphatic heterocycles. The van der Waals surface area contributed by atoms with Crippen LogP contribution in [0.1, 0.15) is 37.8 Å². The Kier molecular flexibility index (Phi) is 4.20. The van der Waals surface area contributed by atoms with Gasteiger partial charge < -0.3 is 24.5 Å². The summed E-state index contributed by atoms with van der Waals surface area (Å²) in [5, 5.41) is 0.906. The van der Waals surface area contributed by atoms with Gasteiger partial charge in [0.05, 0.1) is 24.6 Å². The second kappa shape index (κ2) is 6.55. The van der Waals surface area contributed by atoms with Gasteiger partial charge in [-0.2, -0.15) is 4.98 Å². The van der Waals surface area contributed by atoms with E-state index in [2.05, 4.69) is 19.5 Å². The Balaban J connectivity index is 1.57. The molecule has 5 rings (SSSR count). The molecule has 152 valence electrons. The highest BCUT2D eigenvalue weighted by atomic mass is 35.5. The van der Waals surface area contributed by atoms with Gasteiger partial charge in [-0.05, 0) is 43.5 Å². The van der Waals surface area contributed by atoms with Crippen molar-refractivity contribution in [3.05, 3.63) is 41.4 Å². The summed E-state index contributed by atoms with van der Waals surface area (Å²) in [6.45, 7) is 3.88. The van der Waals surface area contributed by atoms with Crippen molar-refractivity contribution in [3.63, 3.8) is 0 Å². The van der Waals surface area contributed by atoms with Gasteiger partial charge in [-0.25, -0.2) is 9.97 Å². The Morgan fingerprint density at radius 1 is 1.21 bits per heavy atom. The first kappa shape index (κ1) is 18.6. The number of nitrogens with zero attached hydrogens (tertiary/aromatic N) is 4. The molecular formula is C20H22ClN5O3. The van der Waals surface area contributed by atoms with Gasteiger partial charge in [0, 0.05) is 24.4 Å². The molecule has 4 atom stereocenters. The van der Waals surface area contributed by atoms with E-state index in [4.69, 9.17) is 31.5 Å². The third-order valence-corrected chi connectivity index (χ3v) is 5.93. The van der Waals surface area contributed by atoms with E-state index >= 15 is 0 Å². The summed E-state index contributed by atoms with van der Waals surface area (Å²) in [5.74, 6) is 0.410. The van der Waals surface area contributed by atoms with E-state index in [1.54, 1.807) is 7.11 Å². The molecule has 0 unspecified atom stereocenters. The van der Waals surface area contributed by atoms with Crippen LogP contribution >= 0.6 is 11.6 Å². The third kappa shape index (κ3) is 3.02. The Hall–Kier alpha value is -2.42. The summed E-state index contributed by atoms with van der Waals surface area (Å²) < 4.78 is 19.9. The summed E-state index contributed by atoms with van der Waals surface area (Å²) >= 11 is 6.08. The van der Waals surface area contributed by atoms with Gasteiger partial charge in [-0.1, -0.05) is 6.07 Å². The van der Waals surface area contributed by atoms with Gasteiger partial charge in [0.1, 0.15) is 17.6 Å². The molecule has 2 fully saturated rings. The minimum absolute atomic E-state index is 0.0109. The minimum atomic E-state index is -0.666. The van der Waals surface area contributed by atoms with Gasteiger partial charge >= 0.3 is 0 Å². The normalized spacial score (nSPS) is 28.0. The zero-order chi connectivity index (χ0) is 20.3. The molecule has 3 aromatic heterocycles. The number of halogens is 1. The van der Waals surface area contributed by atoms with Crippen LogP contribution in [0.3, 0.4) is 0 Å². The lowest BCUT2D eigenvalue weighted by Crippen LogP contribution is -2.27. The van der Waals surface area contributed by atoms with Gasteiger partial charge in [-0.3, -0.25) is 0 Å². The van der Waals surface area contributed by atoms with E-state index in [0.29, 0.717) is 17.3 Å². The van der Waals surface area contributed by atoms with Gasteiger partial charge in [0.25, 0.3) is 0 Å². The predicted molar refractivity (Wildman–Crippen MR) is 108 cm³/mol. The predicted octanol–water partition coefficient (Wildman–Crippen LogP) is 3.32.